The van der Waals surface area contributed by atoms with Gasteiger partial charge in [-0.05, 0) is 57.8 Å². The zero-order valence-corrected chi connectivity index (χ0v) is 17.3. The molecule has 0 bridgehead atoms. The maximum Gasteiger partial charge on any atom is 0.226 e. The summed E-state index contributed by atoms with van der Waals surface area (Å²) in [5.74, 6) is 1.04. The second-order valence-corrected chi connectivity index (χ2v) is 8.79. The SMILES string of the molecule is CC(C)(O)C1CCN(Cc2ccc3nc(N4CCOC(Cl)C4)ncc3n2)CC1. The molecule has 0 spiro atoms. The molecule has 4 rings (SSSR count). The Morgan fingerprint density at radius 2 is 1.96 bits per heavy atom. The smallest absolute Gasteiger partial charge is 0.226 e. The van der Waals surface area contributed by atoms with Crippen LogP contribution in [0.15, 0.2) is 18.3 Å². The molecule has 2 aromatic rings. The highest BCUT2D eigenvalue weighted by atomic mass is 35.5. The molecule has 0 amide bonds. The van der Waals surface area contributed by atoms with E-state index < -0.39 is 5.60 Å². The van der Waals surface area contributed by atoms with E-state index in [1.165, 1.54) is 0 Å². The van der Waals surface area contributed by atoms with Crippen LogP contribution in [0, 0.1) is 5.92 Å². The van der Waals surface area contributed by atoms with Crippen LogP contribution in [-0.2, 0) is 11.3 Å². The minimum atomic E-state index is -0.591. The standard InChI is InChI=1S/C20H28ClN5O2/c1-20(2,27)14-5-7-25(8-6-14)12-15-3-4-16-17(23-15)11-22-19(24-16)26-9-10-28-18(21)13-26/h3-4,11,14,18,27H,5-10,12-13H2,1-2H3. The number of rotatable bonds is 4. The van der Waals surface area contributed by atoms with E-state index in [2.05, 4.69) is 14.9 Å². The molecule has 1 N–H and O–H groups in total. The minimum Gasteiger partial charge on any atom is -0.390 e. The average Bonchev–Trinajstić information content (AvgIpc) is 2.67. The average molecular weight is 406 g/mol. The molecule has 28 heavy (non-hydrogen) atoms. The minimum absolute atomic E-state index is 0.325. The van der Waals surface area contributed by atoms with Gasteiger partial charge in [-0.15, -0.1) is 0 Å². The van der Waals surface area contributed by atoms with Crippen LogP contribution in [0.3, 0.4) is 0 Å². The third kappa shape index (κ3) is 4.54. The number of piperidine rings is 1. The molecule has 0 saturated carbocycles. The van der Waals surface area contributed by atoms with Gasteiger partial charge in [-0.1, -0.05) is 11.6 Å². The molecule has 8 heteroatoms. The second kappa shape index (κ2) is 8.06. The van der Waals surface area contributed by atoms with Crippen molar-refractivity contribution in [3.05, 3.63) is 24.0 Å². The van der Waals surface area contributed by atoms with Crippen molar-refractivity contribution in [3.63, 3.8) is 0 Å². The Balaban J connectivity index is 1.42. The van der Waals surface area contributed by atoms with Crippen LogP contribution in [-0.4, -0.2) is 68.9 Å². The first kappa shape index (κ1) is 19.8. The van der Waals surface area contributed by atoms with Gasteiger partial charge in [-0.3, -0.25) is 4.90 Å². The number of hydrogen-bond donors (Lipinski definition) is 1. The fourth-order valence-corrected chi connectivity index (χ4v) is 4.27. The van der Waals surface area contributed by atoms with Crippen molar-refractivity contribution < 1.29 is 9.84 Å². The van der Waals surface area contributed by atoms with E-state index in [-0.39, 0.29) is 5.56 Å². The molecular weight excluding hydrogens is 378 g/mol. The van der Waals surface area contributed by atoms with Gasteiger partial charge >= 0.3 is 0 Å². The molecule has 2 fully saturated rings. The summed E-state index contributed by atoms with van der Waals surface area (Å²) in [6.45, 7) is 8.51. The van der Waals surface area contributed by atoms with E-state index in [4.69, 9.17) is 21.3 Å². The molecule has 2 aliphatic rings. The van der Waals surface area contributed by atoms with Crippen molar-refractivity contribution in [1.82, 2.24) is 19.9 Å². The van der Waals surface area contributed by atoms with Crippen molar-refractivity contribution in [1.29, 1.82) is 0 Å². The van der Waals surface area contributed by atoms with Crippen molar-refractivity contribution >= 4 is 28.6 Å². The number of ether oxygens (including phenoxy) is 1. The lowest BCUT2D eigenvalue weighted by Gasteiger charge is -2.37. The molecule has 0 aliphatic carbocycles. The van der Waals surface area contributed by atoms with Gasteiger partial charge < -0.3 is 14.7 Å². The lowest BCUT2D eigenvalue weighted by atomic mass is 9.83. The Kier molecular flexibility index (Phi) is 5.69. The summed E-state index contributed by atoms with van der Waals surface area (Å²) >= 11 is 6.08. The molecule has 2 aliphatic heterocycles. The molecule has 1 atom stereocenters. The van der Waals surface area contributed by atoms with Gasteiger partial charge in [-0.25, -0.2) is 15.0 Å². The van der Waals surface area contributed by atoms with Crippen LogP contribution in [0.1, 0.15) is 32.4 Å². The molecule has 7 nitrogen and oxygen atoms in total. The quantitative estimate of drug-likeness (QED) is 0.783. The number of likely N-dealkylation sites (tertiary alicyclic amines) is 1. The summed E-state index contributed by atoms with van der Waals surface area (Å²) in [5, 5.41) is 10.2. The summed E-state index contributed by atoms with van der Waals surface area (Å²) in [6.07, 6.45) is 3.83. The van der Waals surface area contributed by atoms with E-state index in [0.717, 1.165) is 55.7 Å². The van der Waals surface area contributed by atoms with Gasteiger partial charge in [0.1, 0.15) is 11.1 Å². The van der Waals surface area contributed by atoms with Gasteiger partial charge in [0.2, 0.25) is 5.95 Å². The maximum absolute atomic E-state index is 10.2. The highest BCUT2D eigenvalue weighted by Gasteiger charge is 2.30. The van der Waals surface area contributed by atoms with Crippen molar-refractivity contribution in [2.24, 2.45) is 5.92 Å². The molecule has 152 valence electrons. The number of alkyl halides is 1. The Morgan fingerprint density at radius 3 is 2.68 bits per heavy atom. The molecule has 2 saturated heterocycles. The largest absolute Gasteiger partial charge is 0.390 e. The summed E-state index contributed by atoms with van der Waals surface area (Å²) in [6, 6.07) is 4.07. The fourth-order valence-electron chi connectivity index (χ4n) is 4.01. The monoisotopic (exact) mass is 405 g/mol. The lowest BCUT2D eigenvalue weighted by Crippen LogP contribution is -2.41. The Morgan fingerprint density at radius 1 is 1.18 bits per heavy atom. The topological polar surface area (TPSA) is 74.6 Å². The number of nitrogens with zero attached hydrogens (tertiary/aromatic N) is 5. The summed E-state index contributed by atoms with van der Waals surface area (Å²) in [7, 11) is 0. The zero-order valence-electron chi connectivity index (χ0n) is 16.5. The Bertz CT molecular complexity index is 820. The molecule has 2 aromatic heterocycles. The predicted molar refractivity (Wildman–Crippen MR) is 109 cm³/mol. The van der Waals surface area contributed by atoms with Gasteiger partial charge in [0.25, 0.3) is 0 Å². The number of halogens is 1. The maximum atomic E-state index is 10.2. The highest BCUT2D eigenvalue weighted by Crippen LogP contribution is 2.28. The van der Waals surface area contributed by atoms with Crippen LogP contribution < -0.4 is 4.90 Å². The Labute approximate surface area is 170 Å². The third-order valence-corrected chi connectivity index (χ3v) is 6.03. The fraction of sp³-hybridized carbons (Fsp3) is 0.650. The van der Waals surface area contributed by atoms with Gasteiger partial charge in [0, 0.05) is 13.1 Å². The van der Waals surface area contributed by atoms with E-state index in [1.54, 1.807) is 6.20 Å². The third-order valence-electron chi connectivity index (χ3n) is 5.76. The first-order chi connectivity index (χ1) is 13.4. The molecule has 1 unspecified atom stereocenters. The summed E-state index contributed by atoms with van der Waals surface area (Å²) in [4.78, 5) is 18.3. The predicted octanol–water partition coefficient (Wildman–Crippen LogP) is 2.41. The first-order valence-corrected chi connectivity index (χ1v) is 10.4. The number of aliphatic hydroxyl groups is 1. The van der Waals surface area contributed by atoms with Crippen LogP contribution in [0.2, 0.25) is 0 Å². The van der Waals surface area contributed by atoms with Crippen LogP contribution in [0.5, 0.6) is 0 Å². The number of aromatic nitrogens is 3. The molecule has 4 heterocycles. The number of fused-ring (bicyclic) bond motifs is 1. The molecular formula is C20H28ClN5O2. The normalized spacial score (nSPS) is 22.7. The number of pyridine rings is 1. The molecule has 0 aromatic carbocycles. The highest BCUT2D eigenvalue weighted by molar-refractivity contribution is 6.20. The molecule has 0 radical (unpaired) electrons. The first-order valence-electron chi connectivity index (χ1n) is 9.96. The van der Waals surface area contributed by atoms with Crippen LogP contribution >= 0.6 is 11.6 Å². The van der Waals surface area contributed by atoms with Crippen molar-refractivity contribution in [2.75, 3.05) is 37.7 Å². The number of hydrogen-bond acceptors (Lipinski definition) is 7. The van der Waals surface area contributed by atoms with Gasteiger partial charge in [0.15, 0.2) is 0 Å². The number of anilines is 1. The van der Waals surface area contributed by atoms with Crippen LogP contribution in [0.4, 0.5) is 5.95 Å². The van der Waals surface area contributed by atoms with Crippen molar-refractivity contribution in [3.8, 4) is 0 Å². The van der Waals surface area contributed by atoms with E-state index in [1.807, 2.05) is 30.9 Å². The van der Waals surface area contributed by atoms with Gasteiger partial charge in [0.05, 0.1) is 36.2 Å². The van der Waals surface area contributed by atoms with Gasteiger partial charge in [-0.2, -0.15) is 0 Å². The van der Waals surface area contributed by atoms with Crippen LogP contribution in [0.25, 0.3) is 11.0 Å². The van der Waals surface area contributed by atoms with E-state index in [9.17, 15) is 5.11 Å². The summed E-state index contributed by atoms with van der Waals surface area (Å²) < 4.78 is 5.37. The second-order valence-electron chi connectivity index (χ2n) is 8.31. The van der Waals surface area contributed by atoms with Crippen molar-refractivity contribution in [2.45, 2.75) is 44.4 Å². The van der Waals surface area contributed by atoms with E-state index >= 15 is 0 Å². The number of morpholine rings is 1. The Hall–Kier alpha value is -1.54. The lowest BCUT2D eigenvalue weighted by molar-refractivity contribution is -0.0137. The van der Waals surface area contributed by atoms with E-state index in [0.29, 0.717) is 25.0 Å². The zero-order chi connectivity index (χ0) is 19.7. The summed E-state index contributed by atoms with van der Waals surface area (Å²) in [5.41, 5.74) is 1.76.